The fourth-order valence-corrected chi connectivity index (χ4v) is 3.76. The molecule has 122 valence electrons. The fourth-order valence-electron chi connectivity index (χ4n) is 3.01. The molecule has 0 radical (unpaired) electrons. The Bertz CT molecular complexity index is 514. The number of rotatable bonds is 4. The van der Waals surface area contributed by atoms with Crippen molar-refractivity contribution in [2.24, 2.45) is 0 Å². The van der Waals surface area contributed by atoms with E-state index in [1.54, 1.807) is 11.3 Å². The van der Waals surface area contributed by atoms with Gasteiger partial charge in [-0.3, -0.25) is 0 Å². The van der Waals surface area contributed by atoms with Crippen molar-refractivity contribution in [2.75, 3.05) is 19.8 Å². The molecule has 22 heavy (non-hydrogen) atoms. The van der Waals surface area contributed by atoms with Crippen LogP contribution in [0, 0.1) is 0 Å². The molecule has 1 aromatic rings. The summed E-state index contributed by atoms with van der Waals surface area (Å²) in [6, 6.07) is 0.0177. The molecule has 3 heterocycles. The van der Waals surface area contributed by atoms with Gasteiger partial charge in [0, 0.05) is 31.1 Å². The molecule has 1 aromatic heterocycles. The molecule has 2 aliphatic rings. The lowest BCUT2D eigenvalue weighted by Gasteiger charge is -2.37. The molecule has 0 aromatic carbocycles. The molecule has 2 N–H and O–H groups in total. The van der Waals surface area contributed by atoms with Crippen LogP contribution < -0.4 is 10.6 Å². The highest BCUT2D eigenvalue weighted by atomic mass is 32.1. The molecular formula is C15H23N3O3S. The largest absolute Gasteiger partial charge is 0.378 e. The highest BCUT2D eigenvalue weighted by Crippen LogP contribution is 2.32. The van der Waals surface area contributed by atoms with Crippen molar-refractivity contribution in [1.82, 2.24) is 15.6 Å². The predicted molar refractivity (Wildman–Crippen MR) is 84.0 cm³/mol. The average molecular weight is 325 g/mol. The summed E-state index contributed by atoms with van der Waals surface area (Å²) >= 11 is 1.64. The molecule has 2 atom stereocenters. The predicted octanol–water partition coefficient (Wildman–Crippen LogP) is 1.84. The van der Waals surface area contributed by atoms with E-state index in [9.17, 15) is 4.79 Å². The minimum atomic E-state index is -0.179. The van der Waals surface area contributed by atoms with Crippen LogP contribution in [0.3, 0.4) is 0 Å². The smallest absolute Gasteiger partial charge is 0.315 e. The van der Waals surface area contributed by atoms with Gasteiger partial charge in [-0.05, 0) is 19.3 Å². The molecule has 2 aliphatic heterocycles. The Morgan fingerprint density at radius 2 is 2.45 bits per heavy atom. The van der Waals surface area contributed by atoms with Gasteiger partial charge < -0.3 is 20.1 Å². The highest BCUT2D eigenvalue weighted by Gasteiger charge is 2.41. The minimum absolute atomic E-state index is 0.132. The number of nitrogens with zero attached hydrogens (tertiary/aromatic N) is 1. The monoisotopic (exact) mass is 325 g/mol. The molecule has 3 rings (SSSR count). The number of aryl methyl sites for hydroxylation is 1. The van der Waals surface area contributed by atoms with Crippen molar-refractivity contribution in [3.8, 4) is 0 Å². The van der Waals surface area contributed by atoms with Crippen LogP contribution >= 0.6 is 11.3 Å². The number of carbonyl (C=O) groups excluding carboxylic acids is 1. The third kappa shape index (κ3) is 3.77. The second-order valence-corrected chi connectivity index (χ2v) is 6.88. The lowest BCUT2D eigenvalue weighted by molar-refractivity contribution is -0.0878. The molecule has 2 saturated heterocycles. The van der Waals surface area contributed by atoms with Gasteiger partial charge in [0.05, 0.1) is 29.5 Å². The van der Waals surface area contributed by atoms with Crippen molar-refractivity contribution < 1.29 is 14.3 Å². The summed E-state index contributed by atoms with van der Waals surface area (Å²) in [6.07, 6.45) is 3.54. The maximum Gasteiger partial charge on any atom is 0.315 e. The Labute approximate surface area is 134 Å². The molecule has 2 fully saturated rings. The number of nitrogens with one attached hydrogen (secondary N) is 2. The number of ether oxygens (including phenoxy) is 2. The summed E-state index contributed by atoms with van der Waals surface area (Å²) in [6.45, 7) is 4.63. The zero-order valence-corrected chi connectivity index (χ0v) is 13.7. The SMILES string of the molecule is CCc1nc(CNC(=O)N[C@@H]2CCO[C@]3(CCOC3)C2)cs1. The Kier molecular flexibility index (Phi) is 4.95. The van der Waals surface area contributed by atoms with E-state index in [0.717, 1.165) is 43.0 Å². The van der Waals surface area contributed by atoms with E-state index >= 15 is 0 Å². The number of amides is 2. The first-order valence-corrected chi connectivity index (χ1v) is 8.76. The quantitative estimate of drug-likeness (QED) is 0.886. The van der Waals surface area contributed by atoms with Crippen LogP contribution in [0.4, 0.5) is 4.79 Å². The molecule has 7 heteroatoms. The van der Waals surface area contributed by atoms with E-state index in [0.29, 0.717) is 19.8 Å². The molecule has 0 aliphatic carbocycles. The standard InChI is InChI=1S/C15H23N3O3S/c1-2-13-17-12(9-22-13)8-16-14(19)18-11-3-5-21-15(7-11)4-6-20-10-15/h9,11H,2-8,10H2,1H3,(H2,16,18,19)/t11-,15-/m1/s1. The van der Waals surface area contributed by atoms with E-state index in [-0.39, 0.29) is 17.7 Å². The Morgan fingerprint density at radius 3 is 3.18 bits per heavy atom. The minimum Gasteiger partial charge on any atom is -0.378 e. The number of hydrogen-bond acceptors (Lipinski definition) is 5. The van der Waals surface area contributed by atoms with Crippen molar-refractivity contribution >= 4 is 17.4 Å². The van der Waals surface area contributed by atoms with Gasteiger partial charge in [-0.15, -0.1) is 11.3 Å². The van der Waals surface area contributed by atoms with Gasteiger partial charge in [0.2, 0.25) is 0 Å². The molecule has 6 nitrogen and oxygen atoms in total. The molecule has 0 bridgehead atoms. The topological polar surface area (TPSA) is 72.5 Å². The van der Waals surface area contributed by atoms with E-state index < -0.39 is 0 Å². The van der Waals surface area contributed by atoms with Crippen LogP contribution in [0.5, 0.6) is 0 Å². The summed E-state index contributed by atoms with van der Waals surface area (Å²) in [5.41, 5.74) is 0.742. The van der Waals surface area contributed by atoms with Gasteiger partial charge >= 0.3 is 6.03 Å². The molecule has 0 saturated carbocycles. The van der Waals surface area contributed by atoms with Crippen LogP contribution in [-0.4, -0.2) is 42.5 Å². The summed E-state index contributed by atoms with van der Waals surface area (Å²) in [4.78, 5) is 16.5. The lowest BCUT2D eigenvalue weighted by Crippen LogP contribution is -2.51. The van der Waals surface area contributed by atoms with Crippen LogP contribution in [0.25, 0.3) is 0 Å². The first-order valence-electron chi connectivity index (χ1n) is 7.88. The van der Waals surface area contributed by atoms with Gasteiger partial charge in [-0.1, -0.05) is 6.92 Å². The first-order chi connectivity index (χ1) is 10.7. The van der Waals surface area contributed by atoms with E-state index in [1.165, 1.54) is 0 Å². The Balaban J connectivity index is 1.45. The second-order valence-electron chi connectivity index (χ2n) is 5.94. The maximum atomic E-state index is 12.0. The fraction of sp³-hybridized carbons (Fsp3) is 0.733. The number of urea groups is 1. The summed E-state index contributed by atoms with van der Waals surface area (Å²) in [5, 5.41) is 9.04. The van der Waals surface area contributed by atoms with Crippen molar-refractivity contribution in [1.29, 1.82) is 0 Å². The summed E-state index contributed by atoms with van der Waals surface area (Å²) < 4.78 is 11.3. The molecule has 0 unspecified atom stereocenters. The average Bonchev–Trinajstić information content (AvgIpc) is 3.15. The van der Waals surface area contributed by atoms with Gasteiger partial charge in [-0.25, -0.2) is 9.78 Å². The number of hydrogen-bond donors (Lipinski definition) is 2. The number of aromatic nitrogens is 1. The number of thiazole rings is 1. The van der Waals surface area contributed by atoms with Crippen LogP contribution in [0.1, 0.15) is 36.9 Å². The van der Waals surface area contributed by atoms with Crippen LogP contribution in [-0.2, 0) is 22.4 Å². The second kappa shape index (κ2) is 6.93. The van der Waals surface area contributed by atoms with Crippen molar-refractivity contribution in [3.05, 3.63) is 16.1 Å². The summed E-state index contributed by atoms with van der Waals surface area (Å²) in [5.74, 6) is 0. The molecule has 1 spiro atoms. The third-order valence-corrected chi connectivity index (χ3v) is 5.27. The normalized spacial score (nSPS) is 28.0. The van der Waals surface area contributed by atoms with E-state index in [2.05, 4.69) is 22.5 Å². The van der Waals surface area contributed by atoms with Gasteiger partial charge in [-0.2, -0.15) is 0 Å². The Morgan fingerprint density at radius 1 is 1.55 bits per heavy atom. The summed E-state index contributed by atoms with van der Waals surface area (Å²) in [7, 11) is 0. The Hall–Kier alpha value is -1.18. The zero-order chi connectivity index (χ0) is 15.4. The van der Waals surface area contributed by atoms with Gasteiger partial charge in [0.15, 0.2) is 0 Å². The molecule has 2 amide bonds. The van der Waals surface area contributed by atoms with Crippen molar-refractivity contribution in [3.63, 3.8) is 0 Å². The lowest BCUT2D eigenvalue weighted by atomic mass is 9.90. The van der Waals surface area contributed by atoms with Gasteiger partial charge in [0.25, 0.3) is 0 Å². The zero-order valence-electron chi connectivity index (χ0n) is 12.9. The van der Waals surface area contributed by atoms with Gasteiger partial charge in [0.1, 0.15) is 0 Å². The van der Waals surface area contributed by atoms with Crippen LogP contribution in [0.15, 0.2) is 5.38 Å². The third-order valence-electron chi connectivity index (χ3n) is 4.23. The highest BCUT2D eigenvalue weighted by molar-refractivity contribution is 7.09. The first kappa shape index (κ1) is 15.7. The van der Waals surface area contributed by atoms with Crippen molar-refractivity contribution in [2.45, 2.75) is 50.8 Å². The van der Waals surface area contributed by atoms with E-state index in [1.807, 2.05) is 5.38 Å². The number of carbonyl (C=O) groups is 1. The maximum absolute atomic E-state index is 12.0. The molecular weight excluding hydrogens is 302 g/mol. The van der Waals surface area contributed by atoms with E-state index in [4.69, 9.17) is 9.47 Å². The van der Waals surface area contributed by atoms with Crippen LogP contribution in [0.2, 0.25) is 0 Å².